The monoisotopic (exact) mass is 506 g/mol. The summed E-state index contributed by atoms with van der Waals surface area (Å²) in [6.07, 6.45) is -6.33. The van der Waals surface area contributed by atoms with Crippen molar-refractivity contribution in [1.29, 1.82) is 0 Å². The van der Waals surface area contributed by atoms with Crippen molar-refractivity contribution in [3.8, 4) is 22.7 Å². The third-order valence-electron chi connectivity index (χ3n) is 5.42. The summed E-state index contributed by atoms with van der Waals surface area (Å²) in [4.78, 5) is 36.3. The van der Waals surface area contributed by atoms with Crippen molar-refractivity contribution in [3.63, 3.8) is 0 Å². The largest absolute Gasteiger partial charge is 0.546 e. The molecule has 4 rings (SSSR count). The Labute approximate surface area is 198 Å². The Balaban J connectivity index is 1.96. The number of aryl methyl sites for hydroxylation is 1. The minimum Gasteiger partial charge on any atom is -0.546 e. The molecule has 0 amide bonds. The molecule has 0 radical (unpaired) electrons. The zero-order valence-electron chi connectivity index (χ0n) is 18.8. The molecule has 2 aromatic heterocycles. The fraction of sp³-hybridized carbons (Fsp3) is 0.217. The van der Waals surface area contributed by atoms with Crippen molar-refractivity contribution in [1.82, 2.24) is 14.3 Å². The van der Waals surface area contributed by atoms with Gasteiger partial charge in [0.15, 0.2) is 11.4 Å². The lowest BCUT2D eigenvalue weighted by molar-refractivity contribution is -0.312. The van der Waals surface area contributed by atoms with Crippen LogP contribution in [0.4, 0.5) is 17.6 Å². The first-order chi connectivity index (χ1) is 16.8. The van der Waals surface area contributed by atoms with Crippen molar-refractivity contribution in [2.24, 2.45) is 7.05 Å². The second-order valence-corrected chi connectivity index (χ2v) is 7.95. The lowest BCUT2D eigenvalue weighted by Gasteiger charge is -2.18. The molecule has 1 unspecified atom stereocenters. The first-order valence-electron chi connectivity index (χ1n) is 10.3. The van der Waals surface area contributed by atoms with E-state index in [2.05, 4.69) is 5.16 Å². The third-order valence-corrected chi connectivity index (χ3v) is 5.42. The van der Waals surface area contributed by atoms with Crippen LogP contribution in [0.3, 0.4) is 0 Å². The molecule has 0 saturated heterocycles. The molecule has 188 valence electrons. The highest BCUT2D eigenvalue weighted by Gasteiger charge is 2.35. The zero-order chi connectivity index (χ0) is 26.5. The molecule has 13 heteroatoms. The number of carboxylic acids is 1. The Bertz CT molecular complexity index is 1630. The summed E-state index contributed by atoms with van der Waals surface area (Å²) < 4.78 is 65.5. The van der Waals surface area contributed by atoms with Gasteiger partial charge in [-0.05, 0) is 32.0 Å². The van der Waals surface area contributed by atoms with E-state index in [9.17, 15) is 37.1 Å². The van der Waals surface area contributed by atoms with Crippen LogP contribution in [0.2, 0.25) is 0 Å². The number of carbonyl (C=O) groups is 1. The van der Waals surface area contributed by atoms with Crippen LogP contribution in [0.1, 0.15) is 18.2 Å². The topological polar surface area (TPSA) is 119 Å². The maximum atomic E-state index is 14.9. The molecule has 0 bridgehead atoms. The summed E-state index contributed by atoms with van der Waals surface area (Å²) in [7, 11) is 0.803. The van der Waals surface area contributed by atoms with Gasteiger partial charge >= 0.3 is 11.9 Å². The van der Waals surface area contributed by atoms with E-state index in [0.717, 1.165) is 19.2 Å². The standard InChI is InChI=1S/C23H17F4N3O6/c1-10-4-5-16(35-11(2)21(32)33)12(6-10)20-13-7-15(14(24)8-17(13)36-28-20)30-19(31)9-18(23(25,26)27)29(3)22(30)34/h4-9,11H,1-3H3,(H,32,33)/p-1. The number of hydrogen-bond donors (Lipinski definition) is 0. The van der Waals surface area contributed by atoms with Gasteiger partial charge in [-0.1, -0.05) is 16.8 Å². The third kappa shape index (κ3) is 4.23. The normalized spacial score (nSPS) is 12.6. The number of carboxylic acid groups (broad SMARTS) is 1. The van der Waals surface area contributed by atoms with E-state index in [-0.39, 0.29) is 43.2 Å². The predicted molar refractivity (Wildman–Crippen MR) is 115 cm³/mol. The van der Waals surface area contributed by atoms with Crippen molar-refractivity contribution < 1.29 is 36.7 Å². The van der Waals surface area contributed by atoms with Crippen molar-refractivity contribution in [2.75, 3.05) is 0 Å². The number of nitrogens with zero attached hydrogens (tertiary/aromatic N) is 3. The zero-order valence-corrected chi connectivity index (χ0v) is 18.8. The number of carbonyl (C=O) groups excluding carboxylic acids is 1. The van der Waals surface area contributed by atoms with Gasteiger partial charge in [-0.2, -0.15) is 13.2 Å². The van der Waals surface area contributed by atoms with Gasteiger partial charge in [0.1, 0.15) is 23.2 Å². The smallest absolute Gasteiger partial charge is 0.431 e. The molecule has 4 aromatic rings. The van der Waals surface area contributed by atoms with Gasteiger partial charge in [-0.3, -0.25) is 9.36 Å². The summed E-state index contributed by atoms with van der Waals surface area (Å²) in [5.74, 6) is -2.54. The number of benzene rings is 2. The van der Waals surface area contributed by atoms with E-state index >= 15 is 0 Å². The number of hydrogen-bond acceptors (Lipinski definition) is 7. The Morgan fingerprint density at radius 2 is 1.86 bits per heavy atom. The molecule has 0 aliphatic rings. The van der Waals surface area contributed by atoms with Crippen LogP contribution in [-0.2, 0) is 18.0 Å². The number of aliphatic carboxylic acids is 1. The molecule has 9 nitrogen and oxygen atoms in total. The SMILES string of the molecule is Cc1ccc(OC(C)C(=O)[O-])c(-c2noc3cc(F)c(-n4c(=O)cc(C(F)(F)F)n(C)c4=O)cc23)c1. The van der Waals surface area contributed by atoms with Crippen LogP contribution in [-0.4, -0.2) is 26.4 Å². The molecule has 2 aromatic carbocycles. The Morgan fingerprint density at radius 1 is 1.17 bits per heavy atom. The number of alkyl halides is 3. The molecule has 36 heavy (non-hydrogen) atoms. The fourth-order valence-electron chi connectivity index (χ4n) is 3.60. The number of rotatable bonds is 5. The maximum absolute atomic E-state index is 14.9. The first-order valence-corrected chi connectivity index (χ1v) is 10.3. The molecule has 0 fully saturated rings. The molecular formula is C23H16F4N3O6-. The van der Waals surface area contributed by atoms with Crippen LogP contribution >= 0.6 is 0 Å². The summed E-state index contributed by atoms with van der Waals surface area (Å²) in [6.45, 7) is 2.98. The van der Waals surface area contributed by atoms with Crippen LogP contribution in [0.15, 0.2) is 50.5 Å². The highest BCUT2D eigenvalue weighted by atomic mass is 19.4. The summed E-state index contributed by atoms with van der Waals surface area (Å²) in [6, 6.07) is 6.74. The molecule has 0 saturated carbocycles. The van der Waals surface area contributed by atoms with Crippen LogP contribution in [0.25, 0.3) is 27.9 Å². The van der Waals surface area contributed by atoms with Gasteiger partial charge in [0, 0.05) is 24.7 Å². The van der Waals surface area contributed by atoms with E-state index in [4.69, 9.17) is 9.26 Å². The summed E-state index contributed by atoms with van der Waals surface area (Å²) >= 11 is 0. The quantitative estimate of drug-likeness (QED) is 0.381. The molecule has 0 aliphatic carbocycles. The van der Waals surface area contributed by atoms with Crippen LogP contribution < -0.4 is 21.1 Å². The van der Waals surface area contributed by atoms with E-state index < -0.39 is 46.7 Å². The van der Waals surface area contributed by atoms with Crippen LogP contribution in [0, 0.1) is 12.7 Å². The second kappa shape index (κ2) is 8.66. The predicted octanol–water partition coefficient (Wildman–Crippen LogP) is 2.33. The maximum Gasteiger partial charge on any atom is 0.431 e. The average molecular weight is 506 g/mol. The number of halogens is 4. The van der Waals surface area contributed by atoms with Crippen molar-refractivity contribution >= 4 is 16.9 Å². The highest BCUT2D eigenvalue weighted by molar-refractivity contribution is 5.94. The first kappa shape index (κ1) is 24.7. The average Bonchev–Trinajstić information content (AvgIpc) is 3.19. The van der Waals surface area contributed by atoms with Crippen molar-refractivity contribution in [3.05, 3.63) is 74.3 Å². The Kier molecular flexibility index (Phi) is 5.94. The summed E-state index contributed by atoms with van der Waals surface area (Å²) in [5.41, 5.74) is -4.06. The van der Waals surface area contributed by atoms with Gasteiger partial charge in [-0.25, -0.2) is 13.8 Å². The molecule has 0 aliphatic heterocycles. The minimum absolute atomic E-state index is 0.0484. The number of fused-ring (bicyclic) bond motifs is 1. The Morgan fingerprint density at radius 3 is 2.50 bits per heavy atom. The lowest BCUT2D eigenvalue weighted by Crippen LogP contribution is -2.41. The van der Waals surface area contributed by atoms with E-state index in [1.54, 1.807) is 19.1 Å². The number of aromatic nitrogens is 3. The minimum atomic E-state index is -4.99. The van der Waals surface area contributed by atoms with Gasteiger partial charge in [0.25, 0.3) is 5.56 Å². The van der Waals surface area contributed by atoms with E-state index in [1.807, 2.05) is 0 Å². The van der Waals surface area contributed by atoms with Gasteiger partial charge in [0.05, 0.1) is 17.0 Å². The van der Waals surface area contributed by atoms with E-state index in [1.165, 1.54) is 13.0 Å². The number of ether oxygens (including phenoxy) is 1. The van der Waals surface area contributed by atoms with Crippen molar-refractivity contribution in [2.45, 2.75) is 26.1 Å². The molecule has 0 spiro atoms. The lowest BCUT2D eigenvalue weighted by atomic mass is 10.0. The van der Waals surface area contributed by atoms with Gasteiger partial charge in [0.2, 0.25) is 0 Å². The highest BCUT2D eigenvalue weighted by Crippen LogP contribution is 2.37. The fourth-order valence-corrected chi connectivity index (χ4v) is 3.60. The van der Waals surface area contributed by atoms with Crippen LogP contribution in [0.5, 0.6) is 5.75 Å². The molecule has 0 N–H and O–H groups in total. The molecular weight excluding hydrogens is 490 g/mol. The van der Waals surface area contributed by atoms with E-state index in [0.29, 0.717) is 5.56 Å². The Hall–Kier alpha value is -4.42. The summed E-state index contributed by atoms with van der Waals surface area (Å²) in [5, 5.41) is 15.1. The van der Waals surface area contributed by atoms with Gasteiger partial charge in [-0.15, -0.1) is 0 Å². The molecule has 1 atom stereocenters. The second-order valence-electron chi connectivity index (χ2n) is 7.95. The van der Waals surface area contributed by atoms with Gasteiger partial charge < -0.3 is 19.2 Å². The molecule has 2 heterocycles.